The third kappa shape index (κ3) is 3.95. The first-order chi connectivity index (χ1) is 16.2. The molecule has 0 bridgehead atoms. The molecule has 0 atom stereocenters. The minimum Gasteiger partial charge on any atom is -0.309 e. The first kappa shape index (κ1) is 22.5. The topological polar surface area (TPSA) is 136 Å². The smallest absolute Gasteiger partial charge is 0.279 e. The summed E-state index contributed by atoms with van der Waals surface area (Å²) in [6.45, 7) is 6.11. The van der Waals surface area contributed by atoms with Crippen LogP contribution in [0.2, 0.25) is 0 Å². The molecule has 10 nitrogen and oxygen atoms in total. The summed E-state index contributed by atoms with van der Waals surface area (Å²) < 4.78 is 3.05. The second-order valence-corrected chi connectivity index (χ2v) is 8.26. The van der Waals surface area contributed by atoms with E-state index in [-0.39, 0.29) is 39.2 Å². The number of amides is 1. The lowest BCUT2D eigenvalue weighted by Crippen LogP contribution is -2.31. The van der Waals surface area contributed by atoms with E-state index in [1.807, 2.05) is 32.9 Å². The molecule has 1 aromatic carbocycles. The molecule has 0 radical (unpaired) electrons. The Balaban J connectivity index is 2.05. The fourth-order valence-electron chi connectivity index (χ4n) is 3.71. The fourth-order valence-corrected chi connectivity index (χ4v) is 3.71. The van der Waals surface area contributed by atoms with Crippen molar-refractivity contribution in [1.82, 2.24) is 14.0 Å². The van der Waals surface area contributed by atoms with Crippen LogP contribution in [0.1, 0.15) is 35.3 Å². The molecule has 34 heavy (non-hydrogen) atoms. The molecule has 0 fully saturated rings. The van der Waals surface area contributed by atoms with Gasteiger partial charge in [-0.05, 0) is 42.7 Å². The number of nitriles is 1. The van der Waals surface area contributed by atoms with Gasteiger partial charge in [0.15, 0.2) is 5.49 Å². The predicted molar refractivity (Wildman–Crippen MR) is 124 cm³/mol. The minimum atomic E-state index is -0.669. The molecule has 0 N–H and O–H groups in total. The lowest BCUT2D eigenvalue weighted by molar-refractivity contribution is -0.384. The van der Waals surface area contributed by atoms with Gasteiger partial charge in [0.2, 0.25) is 0 Å². The average molecular weight is 456 g/mol. The molecule has 0 saturated carbocycles. The number of fused-ring (bicyclic) bond motifs is 2. The van der Waals surface area contributed by atoms with E-state index in [9.17, 15) is 25.0 Å². The van der Waals surface area contributed by atoms with Gasteiger partial charge in [0.25, 0.3) is 17.2 Å². The molecule has 0 aliphatic heterocycles. The number of carbonyl (C=O) groups is 1. The van der Waals surface area contributed by atoms with Crippen LogP contribution in [0.25, 0.3) is 16.7 Å². The molecule has 0 saturated heterocycles. The molecule has 4 aromatic rings. The number of aromatic nitrogens is 3. The van der Waals surface area contributed by atoms with E-state index in [2.05, 4.69) is 4.99 Å². The minimum absolute atomic E-state index is 0.0508. The van der Waals surface area contributed by atoms with Crippen molar-refractivity contribution in [2.75, 3.05) is 0 Å². The molecule has 10 heteroatoms. The third-order valence-corrected chi connectivity index (χ3v) is 5.31. The Morgan fingerprint density at radius 1 is 1.24 bits per heavy atom. The average Bonchev–Trinajstić information content (AvgIpc) is 2.81. The molecular formula is C24H20N6O4. The largest absolute Gasteiger partial charge is 0.309 e. The highest BCUT2D eigenvalue weighted by Crippen LogP contribution is 2.15. The number of carbonyl (C=O) groups excluding carboxylic acids is 1. The van der Waals surface area contributed by atoms with Gasteiger partial charge in [-0.3, -0.25) is 24.1 Å². The van der Waals surface area contributed by atoms with Crippen molar-refractivity contribution in [2.24, 2.45) is 10.9 Å². The van der Waals surface area contributed by atoms with Crippen molar-refractivity contribution < 1.29 is 9.72 Å². The maximum atomic E-state index is 13.2. The van der Waals surface area contributed by atoms with Crippen molar-refractivity contribution in [2.45, 2.75) is 27.3 Å². The monoisotopic (exact) mass is 456 g/mol. The Bertz CT molecular complexity index is 1640. The van der Waals surface area contributed by atoms with E-state index in [1.54, 1.807) is 16.8 Å². The van der Waals surface area contributed by atoms with E-state index in [1.165, 1.54) is 34.7 Å². The summed E-state index contributed by atoms with van der Waals surface area (Å²) in [5, 5.41) is 21.0. The first-order valence-corrected chi connectivity index (χ1v) is 10.5. The fraction of sp³-hybridized carbons (Fsp3) is 0.208. The standard InChI is InChI=1S/C24H20N6O4/c1-14(2)13-29-21(27-23(31)16-6-8-18(9-7-16)30(33)34)17(12-25)11-19-22(29)26-20-15(3)5-4-10-28(20)24(19)32/h4-11,14H,13H2,1-3H3. The zero-order chi connectivity index (χ0) is 24.6. The van der Waals surface area contributed by atoms with E-state index < -0.39 is 10.8 Å². The molecule has 0 unspecified atom stereocenters. The van der Waals surface area contributed by atoms with E-state index in [0.29, 0.717) is 17.8 Å². The maximum Gasteiger partial charge on any atom is 0.279 e. The van der Waals surface area contributed by atoms with Crippen LogP contribution in [0.3, 0.4) is 0 Å². The molecule has 0 aliphatic rings. The second kappa shape index (κ2) is 8.71. The lowest BCUT2D eigenvalue weighted by Gasteiger charge is -2.15. The summed E-state index contributed by atoms with van der Waals surface area (Å²) in [6.07, 6.45) is 1.62. The SMILES string of the molecule is Cc1cccn2c(=O)c3cc(C#N)c(=NC(=O)c4ccc([N+](=O)[O-])cc4)n(CC(C)C)c3nc12. The number of non-ortho nitro benzene ring substituents is 1. The Labute approximate surface area is 193 Å². The van der Waals surface area contributed by atoms with Gasteiger partial charge in [-0.25, -0.2) is 4.98 Å². The number of nitro benzene ring substituents is 1. The summed E-state index contributed by atoms with van der Waals surface area (Å²) in [6, 6.07) is 12.1. The number of rotatable bonds is 4. The number of hydrogen-bond donors (Lipinski definition) is 0. The molecular weight excluding hydrogens is 436 g/mol. The quantitative estimate of drug-likeness (QED) is 0.263. The molecule has 3 heterocycles. The molecule has 3 aromatic heterocycles. The summed E-state index contributed by atoms with van der Waals surface area (Å²) in [5.41, 5.74) is 1.37. The van der Waals surface area contributed by atoms with Crippen LogP contribution in [0.4, 0.5) is 5.69 Å². The number of pyridine rings is 2. The van der Waals surface area contributed by atoms with Crippen LogP contribution in [-0.4, -0.2) is 24.8 Å². The van der Waals surface area contributed by atoms with Crippen LogP contribution in [0, 0.1) is 34.3 Å². The normalized spacial score (nSPS) is 11.8. The van der Waals surface area contributed by atoms with E-state index in [4.69, 9.17) is 4.98 Å². The van der Waals surface area contributed by atoms with E-state index in [0.717, 1.165) is 5.56 Å². The molecule has 0 spiro atoms. The van der Waals surface area contributed by atoms with Crippen LogP contribution >= 0.6 is 0 Å². The Kier molecular flexibility index (Phi) is 5.77. The molecule has 4 rings (SSSR count). The summed E-state index contributed by atoms with van der Waals surface area (Å²) in [5.74, 6) is -0.584. The summed E-state index contributed by atoms with van der Waals surface area (Å²) in [7, 11) is 0. The third-order valence-electron chi connectivity index (χ3n) is 5.31. The van der Waals surface area contributed by atoms with Crippen molar-refractivity contribution in [3.8, 4) is 6.07 Å². The molecule has 0 aliphatic carbocycles. The van der Waals surface area contributed by atoms with Gasteiger partial charge in [-0.15, -0.1) is 0 Å². The highest BCUT2D eigenvalue weighted by Gasteiger charge is 2.17. The van der Waals surface area contributed by atoms with Gasteiger partial charge in [0, 0.05) is 30.4 Å². The highest BCUT2D eigenvalue weighted by molar-refractivity contribution is 5.95. The van der Waals surface area contributed by atoms with Gasteiger partial charge in [0.1, 0.15) is 17.4 Å². The van der Waals surface area contributed by atoms with Gasteiger partial charge >= 0.3 is 0 Å². The molecule has 170 valence electrons. The highest BCUT2D eigenvalue weighted by atomic mass is 16.6. The van der Waals surface area contributed by atoms with Gasteiger partial charge in [-0.2, -0.15) is 10.3 Å². The first-order valence-electron chi connectivity index (χ1n) is 10.5. The van der Waals surface area contributed by atoms with Gasteiger partial charge < -0.3 is 4.57 Å². The van der Waals surface area contributed by atoms with Crippen molar-refractivity contribution >= 4 is 28.3 Å². The number of aryl methyl sites for hydroxylation is 1. The lowest BCUT2D eigenvalue weighted by atomic mass is 10.1. The van der Waals surface area contributed by atoms with Crippen molar-refractivity contribution in [3.63, 3.8) is 0 Å². The maximum absolute atomic E-state index is 13.2. The number of nitro groups is 1. The van der Waals surface area contributed by atoms with Crippen LogP contribution in [-0.2, 0) is 6.54 Å². The number of nitrogens with zero attached hydrogens (tertiary/aromatic N) is 6. The number of benzene rings is 1. The van der Waals surface area contributed by atoms with Crippen molar-refractivity contribution in [3.05, 3.63) is 91.3 Å². The predicted octanol–water partition coefficient (Wildman–Crippen LogP) is 3.13. The number of hydrogen-bond acceptors (Lipinski definition) is 6. The van der Waals surface area contributed by atoms with Crippen LogP contribution < -0.4 is 11.0 Å². The zero-order valence-corrected chi connectivity index (χ0v) is 18.7. The Morgan fingerprint density at radius 2 is 1.94 bits per heavy atom. The van der Waals surface area contributed by atoms with Gasteiger partial charge in [0.05, 0.1) is 15.9 Å². The Hall–Kier alpha value is -4.65. The molecule has 1 amide bonds. The van der Waals surface area contributed by atoms with Gasteiger partial charge in [-0.1, -0.05) is 19.9 Å². The summed E-state index contributed by atoms with van der Waals surface area (Å²) in [4.78, 5) is 45.4. The van der Waals surface area contributed by atoms with Crippen LogP contribution in [0.15, 0.2) is 58.4 Å². The summed E-state index contributed by atoms with van der Waals surface area (Å²) >= 11 is 0. The second-order valence-electron chi connectivity index (χ2n) is 8.26. The van der Waals surface area contributed by atoms with E-state index >= 15 is 0 Å². The Morgan fingerprint density at radius 3 is 2.56 bits per heavy atom. The zero-order valence-electron chi connectivity index (χ0n) is 18.7. The van der Waals surface area contributed by atoms with Crippen molar-refractivity contribution in [1.29, 1.82) is 5.26 Å². The van der Waals surface area contributed by atoms with Crippen LogP contribution in [0.5, 0.6) is 0 Å².